The van der Waals surface area contributed by atoms with Crippen LogP contribution >= 0.6 is 0 Å². The van der Waals surface area contributed by atoms with Crippen molar-refractivity contribution in [2.75, 3.05) is 19.0 Å². The number of anilines is 1. The Morgan fingerprint density at radius 1 is 1.10 bits per heavy atom. The predicted octanol–water partition coefficient (Wildman–Crippen LogP) is 4.87. The van der Waals surface area contributed by atoms with Crippen molar-refractivity contribution in [2.45, 2.75) is 44.3 Å². The molecule has 2 aliphatic rings. The summed E-state index contributed by atoms with van der Waals surface area (Å²) >= 11 is 0. The maximum Gasteiger partial charge on any atom is 0.262 e. The molecule has 6 heteroatoms. The first-order valence-corrected chi connectivity index (χ1v) is 10.3. The van der Waals surface area contributed by atoms with E-state index < -0.39 is 5.79 Å². The summed E-state index contributed by atoms with van der Waals surface area (Å²) < 4.78 is 23.2. The van der Waals surface area contributed by atoms with Crippen molar-refractivity contribution in [3.05, 3.63) is 54.6 Å². The van der Waals surface area contributed by atoms with Crippen LogP contribution in [0.3, 0.4) is 0 Å². The second-order valence-electron chi connectivity index (χ2n) is 7.65. The number of nitrogens with one attached hydrogen (secondary N) is 1. The molecule has 30 heavy (non-hydrogen) atoms. The zero-order valence-corrected chi connectivity index (χ0v) is 17.2. The van der Waals surface area contributed by atoms with Crippen molar-refractivity contribution in [3.63, 3.8) is 0 Å². The van der Waals surface area contributed by atoms with Gasteiger partial charge in [0.15, 0.2) is 29.6 Å². The Hall–Kier alpha value is -3.15. The molecule has 0 aromatic heterocycles. The van der Waals surface area contributed by atoms with Gasteiger partial charge in [0, 0.05) is 24.6 Å². The summed E-state index contributed by atoms with van der Waals surface area (Å²) in [6.07, 6.45) is 7.77. The summed E-state index contributed by atoms with van der Waals surface area (Å²) in [5.41, 5.74) is 1.71. The Morgan fingerprint density at radius 2 is 1.90 bits per heavy atom. The highest BCUT2D eigenvalue weighted by Crippen LogP contribution is 2.46. The van der Waals surface area contributed by atoms with Crippen molar-refractivity contribution in [3.8, 4) is 23.0 Å². The van der Waals surface area contributed by atoms with E-state index in [9.17, 15) is 4.79 Å². The Morgan fingerprint density at radius 3 is 2.67 bits per heavy atom. The highest BCUT2D eigenvalue weighted by Gasteiger charge is 2.42. The van der Waals surface area contributed by atoms with Gasteiger partial charge in [0.2, 0.25) is 0 Å². The second-order valence-corrected chi connectivity index (χ2v) is 7.65. The van der Waals surface area contributed by atoms with Crippen LogP contribution in [0, 0.1) is 0 Å². The van der Waals surface area contributed by atoms with Gasteiger partial charge in [-0.25, -0.2) is 0 Å². The van der Waals surface area contributed by atoms with Crippen molar-refractivity contribution in [1.82, 2.24) is 0 Å². The minimum atomic E-state index is -0.527. The molecule has 158 valence electrons. The van der Waals surface area contributed by atoms with Crippen molar-refractivity contribution < 1.29 is 23.7 Å². The van der Waals surface area contributed by atoms with Gasteiger partial charge in [-0.15, -0.1) is 6.58 Å². The molecule has 1 amide bonds. The normalized spacial score (nSPS) is 16.2. The van der Waals surface area contributed by atoms with E-state index in [1.807, 2.05) is 30.3 Å². The van der Waals surface area contributed by atoms with Gasteiger partial charge in [0.1, 0.15) is 0 Å². The number of ether oxygens (including phenoxy) is 4. The van der Waals surface area contributed by atoms with E-state index >= 15 is 0 Å². The molecule has 2 aromatic rings. The number of carbonyl (C=O) groups is 1. The van der Waals surface area contributed by atoms with Gasteiger partial charge in [-0.05, 0) is 49.1 Å². The number of hydrogen-bond acceptors (Lipinski definition) is 5. The van der Waals surface area contributed by atoms with Crippen molar-refractivity contribution >= 4 is 11.6 Å². The third-order valence-corrected chi connectivity index (χ3v) is 5.40. The number of allylic oxidation sites excluding steroid dienone is 1. The quantitative estimate of drug-likeness (QED) is 0.661. The Balaban J connectivity index is 1.35. The molecule has 0 bridgehead atoms. The topological polar surface area (TPSA) is 66.0 Å². The number of carbonyl (C=O) groups excluding carboxylic acids is 1. The average molecular weight is 409 g/mol. The van der Waals surface area contributed by atoms with E-state index in [0.29, 0.717) is 22.9 Å². The monoisotopic (exact) mass is 409 g/mol. The van der Waals surface area contributed by atoms with Crippen LogP contribution in [-0.4, -0.2) is 25.4 Å². The average Bonchev–Trinajstić information content (AvgIpc) is 3.09. The van der Waals surface area contributed by atoms with Gasteiger partial charge < -0.3 is 24.3 Å². The minimum Gasteiger partial charge on any atom is -0.493 e. The third kappa shape index (κ3) is 4.37. The number of rotatable bonds is 7. The molecule has 4 rings (SSSR count). The van der Waals surface area contributed by atoms with E-state index in [4.69, 9.17) is 18.9 Å². The Bertz CT molecular complexity index is 933. The molecule has 1 fully saturated rings. The van der Waals surface area contributed by atoms with Crippen LogP contribution in [0.2, 0.25) is 0 Å². The summed E-state index contributed by atoms with van der Waals surface area (Å²) in [5, 5.41) is 2.85. The van der Waals surface area contributed by atoms with E-state index in [1.165, 1.54) is 6.42 Å². The molecule has 1 aliphatic carbocycles. The molecule has 0 unspecified atom stereocenters. The maximum atomic E-state index is 12.4. The van der Waals surface area contributed by atoms with E-state index in [2.05, 4.69) is 11.9 Å². The number of methoxy groups -OCH3 is 1. The lowest BCUT2D eigenvalue weighted by Gasteiger charge is -2.31. The molecule has 6 nitrogen and oxygen atoms in total. The second kappa shape index (κ2) is 8.69. The number of hydrogen-bond donors (Lipinski definition) is 1. The lowest BCUT2D eigenvalue weighted by Crippen LogP contribution is -2.40. The number of amides is 1. The highest BCUT2D eigenvalue weighted by molar-refractivity contribution is 5.92. The van der Waals surface area contributed by atoms with Gasteiger partial charge in [0.25, 0.3) is 11.7 Å². The predicted molar refractivity (Wildman–Crippen MR) is 115 cm³/mol. The lowest BCUT2D eigenvalue weighted by atomic mass is 9.94. The fourth-order valence-electron chi connectivity index (χ4n) is 3.93. The van der Waals surface area contributed by atoms with Gasteiger partial charge in [0.05, 0.1) is 7.11 Å². The number of fused-ring (bicyclic) bond motifs is 1. The molecule has 0 saturated heterocycles. The summed E-state index contributed by atoms with van der Waals surface area (Å²) in [7, 11) is 1.58. The number of benzene rings is 2. The molecule has 0 atom stereocenters. The van der Waals surface area contributed by atoms with Crippen LogP contribution in [0.25, 0.3) is 0 Å². The fraction of sp³-hybridized carbons (Fsp3) is 0.375. The van der Waals surface area contributed by atoms with E-state index in [-0.39, 0.29) is 12.5 Å². The van der Waals surface area contributed by atoms with Crippen molar-refractivity contribution in [2.24, 2.45) is 0 Å². The van der Waals surface area contributed by atoms with Crippen LogP contribution in [0.4, 0.5) is 5.69 Å². The first-order chi connectivity index (χ1) is 14.6. The SMILES string of the molecule is C=CCc1ccc(OCC(=O)Nc2ccc3c(c2)OC2(CCCCC2)O3)c(OC)c1. The zero-order valence-electron chi connectivity index (χ0n) is 17.2. The molecular weight excluding hydrogens is 382 g/mol. The van der Waals surface area contributed by atoms with E-state index in [0.717, 1.165) is 43.4 Å². The standard InChI is InChI=1S/C24H27NO5/c1-3-7-17-8-10-19(21(14-17)27-2)28-16-23(26)25-18-9-11-20-22(15-18)30-24(29-20)12-5-4-6-13-24/h3,8-11,14-15H,1,4-7,12-13,16H2,2H3,(H,25,26). The summed E-state index contributed by atoms with van der Waals surface area (Å²) in [5.74, 6) is 1.72. The molecular formula is C24H27NO5. The van der Waals surface area contributed by atoms with Crippen LogP contribution < -0.4 is 24.3 Å². The highest BCUT2D eigenvalue weighted by atomic mass is 16.7. The maximum absolute atomic E-state index is 12.4. The summed E-state index contributed by atoms with van der Waals surface area (Å²) in [4.78, 5) is 12.4. The molecule has 2 aromatic carbocycles. The minimum absolute atomic E-state index is 0.129. The molecule has 1 spiro atoms. The van der Waals surface area contributed by atoms with Gasteiger partial charge >= 0.3 is 0 Å². The molecule has 1 saturated carbocycles. The molecule has 1 heterocycles. The first kappa shape index (κ1) is 20.1. The first-order valence-electron chi connectivity index (χ1n) is 10.3. The van der Waals surface area contributed by atoms with Gasteiger partial charge in [-0.3, -0.25) is 4.79 Å². The third-order valence-electron chi connectivity index (χ3n) is 5.40. The Kier molecular flexibility index (Phi) is 5.84. The summed E-state index contributed by atoms with van der Waals surface area (Å²) in [6.45, 7) is 3.61. The molecule has 0 radical (unpaired) electrons. The van der Waals surface area contributed by atoms with Crippen molar-refractivity contribution in [1.29, 1.82) is 0 Å². The van der Waals surface area contributed by atoms with Crippen LogP contribution in [-0.2, 0) is 11.2 Å². The van der Waals surface area contributed by atoms with Gasteiger partial charge in [-0.1, -0.05) is 18.6 Å². The van der Waals surface area contributed by atoms with Gasteiger partial charge in [-0.2, -0.15) is 0 Å². The molecule has 1 aliphatic heterocycles. The Labute approximate surface area is 176 Å². The van der Waals surface area contributed by atoms with Crippen LogP contribution in [0.5, 0.6) is 23.0 Å². The fourth-order valence-corrected chi connectivity index (χ4v) is 3.93. The largest absolute Gasteiger partial charge is 0.493 e. The smallest absolute Gasteiger partial charge is 0.262 e. The van der Waals surface area contributed by atoms with Crippen LogP contribution in [0.15, 0.2) is 49.1 Å². The zero-order chi connectivity index (χ0) is 21.0. The van der Waals surface area contributed by atoms with Crippen LogP contribution in [0.1, 0.15) is 37.7 Å². The molecule has 1 N–H and O–H groups in total. The van der Waals surface area contributed by atoms with E-state index in [1.54, 1.807) is 19.2 Å². The summed E-state index contributed by atoms with van der Waals surface area (Å²) in [6, 6.07) is 11.1. The lowest BCUT2D eigenvalue weighted by molar-refractivity contribution is -0.118.